The van der Waals surface area contributed by atoms with E-state index in [0.717, 1.165) is 10.6 Å². The number of nitrogens with one attached hydrogen (secondary N) is 1. The van der Waals surface area contributed by atoms with Gasteiger partial charge in [-0.2, -0.15) is 5.10 Å². The molecule has 0 spiro atoms. The van der Waals surface area contributed by atoms with Crippen LogP contribution in [0, 0.1) is 0 Å². The molecule has 0 radical (unpaired) electrons. The van der Waals surface area contributed by atoms with E-state index in [2.05, 4.69) is 10.5 Å². The van der Waals surface area contributed by atoms with E-state index in [0.29, 0.717) is 18.1 Å². The number of hydrazone groups is 1. The summed E-state index contributed by atoms with van der Waals surface area (Å²) in [6.07, 6.45) is 0. The van der Waals surface area contributed by atoms with E-state index in [1.165, 1.54) is 11.8 Å². The van der Waals surface area contributed by atoms with Gasteiger partial charge >= 0.3 is 5.97 Å². The van der Waals surface area contributed by atoms with Gasteiger partial charge in [-0.3, -0.25) is 4.79 Å². The highest BCUT2D eigenvalue weighted by Crippen LogP contribution is 2.19. The van der Waals surface area contributed by atoms with E-state index in [1.807, 2.05) is 12.1 Å². The molecule has 0 bridgehead atoms. The Labute approximate surface area is 120 Å². The summed E-state index contributed by atoms with van der Waals surface area (Å²) in [5.74, 6) is 0.437. The number of hydrogen-bond donors (Lipinski definition) is 1. The number of hydrogen-bond acceptors (Lipinski definition) is 6. The molecular formula is C13H14N2O4S. The van der Waals surface area contributed by atoms with E-state index >= 15 is 0 Å². The van der Waals surface area contributed by atoms with Gasteiger partial charge in [-0.25, -0.2) is 10.2 Å². The Morgan fingerprint density at radius 1 is 1.40 bits per heavy atom. The van der Waals surface area contributed by atoms with Gasteiger partial charge in [0.25, 0.3) is 5.91 Å². The van der Waals surface area contributed by atoms with Gasteiger partial charge in [-0.15, -0.1) is 0 Å². The van der Waals surface area contributed by atoms with E-state index in [9.17, 15) is 9.59 Å². The Balaban J connectivity index is 1.93. The van der Waals surface area contributed by atoms with Crippen LogP contribution in [0.2, 0.25) is 0 Å². The van der Waals surface area contributed by atoms with Gasteiger partial charge in [0.1, 0.15) is 10.8 Å². The van der Waals surface area contributed by atoms with Gasteiger partial charge in [-0.1, -0.05) is 11.8 Å². The zero-order chi connectivity index (χ0) is 14.4. The number of nitrogens with zero attached hydrogens (tertiary/aromatic N) is 1. The van der Waals surface area contributed by atoms with Crippen LogP contribution in [0.25, 0.3) is 0 Å². The number of rotatable bonds is 5. The van der Waals surface area contributed by atoms with Gasteiger partial charge in [0.15, 0.2) is 6.61 Å². The van der Waals surface area contributed by atoms with Crippen molar-refractivity contribution in [3.63, 3.8) is 0 Å². The molecule has 0 aromatic heterocycles. The van der Waals surface area contributed by atoms with Crippen molar-refractivity contribution in [2.45, 2.75) is 6.92 Å². The second kappa shape index (κ2) is 6.95. The Kier molecular flexibility index (Phi) is 5.00. The molecule has 1 N–H and O–H groups in total. The maximum Gasteiger partial charge on any atom is 0.344 e. The lowest BCUT2D eigenvalue weighted by molar-refractivity contribution is -0.145. The zero-order valence-corrected chi connectivity index (χ0v) is 11.7. The summed E-state index contributed by atoms with van der Waals surface area (Å²) in [5, 5.41) is 4.73. The van der Waals surface area contributed by atoms with E-state index in [-0.39, 0.29) is 12.5 Å². The van der Waals surface area contributed by atoms with Crippen molar-refractivity contribution in [1.29, 1.82) is 0 Å². The lowest BCUT2D eigenvalue weighted by atomic mass is 10.2. The van der Waals surface area contributed by atoms with Gasteiger partial charge in [0, 0.05) is 5.56 Å². The molecular weight excluding hydrogens is 280 g/mol. The van der Waals surface area contributed by atoms with Crippen molar-refractivity contribution in [1.82, 2.24) is 5.43 Å². The number of thioether (sulfide) groups is 1. The molecule has 20 heavy (non-hydrogen) atoms. The fraction of sp³-hybridized carbons (Fsp3) is 0.308. The maximum absolute atomic E-state index is 11.2. The van der Waals surface area contributed by atoms with Crippen molar-refractivity contribution in [3.05, 3.63) is 29.8 Å². The Bertz CT molecular complexity index is 528. The number of carbonyl (C=O) groups excluding carboxylic acids is 2. The van der Waals surface area contributed by atoms with Crippen LogP contribution in [0.15, 0.2) is 29.4 Å². The second-order valence-electron chi connectivity index (χ2n) is 3.86. The molecule has 1 aromatic carbocycles. The Hall–Kier alpha value is -2.02. The van der Waals surface area contributed by atoms with Crippen LogP contribution >= 0.6 is 11.8 Å². The molecule has 1 heterocycles. The van der Waals surface area contributed by atoms with Crippen LogP contribution in [-0.2, 0) is 14.3 Å². The molecule has 0 aliphatic carbocycles. The number of amides is 1. The first-order chi connectivity index (χ1) is 9.69. The van der Waals surface area contributed by atoms with E-state index in [4.69, 9.17) is 9.47 Å². The van der Waals surface area contributed by atoms with E-state index < -0.39 is 5.97 Å². The van der Waals surface area contributed by atoms with Gasteiger partial charge in [0.05, 0.1) is 12.4 Å². The van der Waals surface area contributed by atoms with Gasteiger partial charge in [0.2, 0.25) is 0 Å². The third kappa shape index (κ3) is 3.99. The number of benzene rings is 1. The molecule has 1 aromatic rings. The van der Waals surface area contributed by atoms with Crippen molar-refractivity contribution < 1.29 is 19.1 Å². The van der Waals surface area contributed by atoms with Crippen LogP contribution in [-0.4, -0.2) is 35.9 Å². The van der Waals surface area contributed by atoms with Crippen LogP contribution < -0.4 is 10.2 Å². The van der Waals surface area contributed by atoms with E-state index in [1.54, 1.807) is 19.1 Å². The SMILES string of the molecule is CCOC(=O)COc1ccc(C2=NNC(=O)CS2)cc1. The van der Waals surface area contributed by atoms with Crippen molar-refractivity contribution in [2.75, 3.05) is 19.0 Å². The minimum atomic E-state index is -0.397. The summed E-state index contributed by atoms with van der Waals surface area (Å²) in [6.45, 7) is 1.97. The average Bonchev–Trinajstić information content (AvgIpc) is 2.47. The first kappa shape index (κ1) is 14.4. The average molecular weight is 294 g/mol. The lowest BCUT2D eigenvalue weighted by Crippen LogP contribution is -2.26. The van der Waals surface area contributed by atoms with Crippen molar-refractivity contribution >= 4 is 28.7 Å². The molecule has 1 amide bonds. The third-order valence-corrected chi connectivity index (χ3v) is 3.39. The standard InChI is InChI=1S/C13H14N2O4S/c1-2-18-12(17)7-19-10-5-3-9(4-6-10)13-15-14-11(16)8-20-13/h3-6H,2,7-8H2,1H3,(H,14,16). The fourth-order valence-electron chi connectivity index (χ4n) is 1.50. The Morgan fingerprint density at radius 3 is 2.75 bits per heavy atom. The van der Waals surface area contributed by atoms with Gasteiger partial charge in [-0.05, 0) is 31.2 Å². The minimum absolute atomic E-state index is 0.104. The molecule has 7 heteroatoms. The fourth-order valence-corrected chi connectivity index (χ4v) is 2.24. The number of esters is 1. The van der Waals surface area contributed by atoms with Crippen molar-refractivity contribution in [3.8, 4) is 5.75 Å². The number of ether oxygens (including phenoxy) is 2. The molecule has 1 aliphatic heterocycles. The largest absolute Gasteiger partial charge is 0.482 e. The molecule has 1 aliphatic rings. The topological polar surface area (TPSA) is 77.0 Å². The molecule has 2 rings (SSSR count). The highest BCUT2D eigenvalue weighted by Gasteiger charge is 2.13. The summed E-state index contributed by atoms with van der Waals surface area (Å²) < 4.78 is 10.1. The summed E-state index contributed by atoms with van der Waals surface area (Å²) in [6, 6.07) is 7.13. The van der Waals surface area contributed by atoms with Gasteiger partial charge < -0.3 is 9.47 Å². The first-order valence-corrected chi connectivity index (χ1v) is 7.06. The third-order valence-electron chi connectivity index (χ3n) is 2.39. The molecule has 6 nitrogen and oxygen atoms in total. The minimum Gasteiger partial charge on any atom is -0.482 e. The highest BCUT2D eigenvalue weighted by molar-refractivity contribution is 8.15. The summed E-state index contributed by atoms with van der Waals surface area (Å²) in [7, 11) is 0. The quantitative estimate of drug-likeness (QED) is 0.824. The molecule has 0 saturated heterocycles. The van der Waals surface area contributed by atoms with Crippen LogP contribution in [0.4, 0.5) is 0 Å². The molecule has 0 unspecified atom stereocenters. The maximum atomic E-state index is 11.2. The molecule has 0 fully saturated rings. The first-order valence-electron chi connectivity index (χ1n) is 6.07. The smallest absolute Gasteiger partial charge is 0.344 e. The molecule has 0 atom stereocenters. The predicted molar refractivity (Wildman–Crippen MR) is 75.7 cm³/mol. The highest BCUT2D eigenvalue weighted by atomic mass is 32.2. The van der Waals surface area contributed by atoms with Crippen LogP contribution in [0.1, 0.15) is 12.5 Å². The molecule has 0 saturated carbocycles. The molecule has 106 valence electrons. The monoisotopic (exact) mass is 294 g/mol. The summed E-state index contributed by atoms with van der Waals surface area (Å²) in [4.78, 5) is 22.1. The zero-order valence-electron chi connectivity index (χ0n) is 10.9. The van der Waals surface area contributed by atoms with Crippen LogP contribution in [0.3, 0.4) is 0 Å². The van der Waals surface area contributed by atoms with Crippen LogP contribution in [0.5, 0.6) is 5.75 Å². The Morgan fingerprint density at radius 2 is 2.15 bits per heavy atom. The lowest BCUT2D eigenvalue weighted by Gasteiger charge is -2.12. The van der Waals surface area contributed by atoms with Crippen molar-refractivity contribution in [2.24, 2.45) is 5.10 Å². The normalized spacial score (nSPS) is 14.2. The second-order valence-corrected chi connectivity index (χ2v) is 4.82. The summed E-state index contributed by atoms with van der Waals surface area (Å²) >= 11 is 1.38. The predicted octanol–water partition coefficient (Wildman–Crippen LogP) is 1.15. The summed E-state index contributed by atoms with van der Waals surface area (Å²) in [5.41, 5.74) is 3.32. The number of carbonyl (C=O) groups is 2.